The van der Waals surface area contributed by atoms with E-state index in [0.717, 1.165) is 44.8 Å². The van der Waals surface area contributed by atoms with Crippen molar-refractivity contribution in [2.45, 2.75) is 19.4 Å². The van der Waals surface area contributed by atoms with Crippen LogP contribution in [0, 0.1) is 0 Å². The van der Waals surface area contributed by atoms with E-state index in [-0.39, 0.29) is 18.3 Å². The van der Waals surface area contributed by atoms with E-state index in [1.807, 2.05) is 41.4 Å². The molecule has 5 nitrogen and oxygen atoms in total. The second-order valence-corrected chi connectivity index (χ2v) is 6.84. The second kappa shape index (κ2) is 10.5. The Hall–Kier alpha value is -1.82. The molecule has 1 saturated heterocycles. The average Bonchev–Trinajstić information content (AvgIpc) is 2.69. The van der Waals surface area contributed by atoms with Crippen LogP contribution in [-0.2, 0) is 11.2 Å². The van der Waals surface area contributed by atoms with Gasteiger partial charge in [0.2, 0.25) is 0 Å². The highest BCUT2D eigenvalue weighted by atomic mass is 35.5. The molecule has 1 aliphatic heterocycles. The molecule has 0 aliphatic carbocycles. The molecule has 1 aliphatic rings. The van der Waals surface area contributed by atoms with Crippen LogP contribution in [0.15, 0.2) is 48.7 Å². The molecule has 1 atom stereocenters. The van der Waals surface area contributed by atoms with E-state index in [2.05, 4.69) is 9.88 Å². The molecule has 2 heterocycles. The number of para-hydroxylation sites is 1. The van der Waals surface area contributed by atoms with Crippen molar-refractivity contribution in [1.29, 1.82) is 0 Å². The number of nitrogens with zero attached hydrogens (tertiary/aromatic N) is 3. The fourth-order valence-corrected chi connectivity index (χ4v) is 3.23. The molecule has 0 spiro atoms. The topological polar surface area (TPSA) is 45.7 Å². The van der Waals surface area contributed by atoms with Gasteiger partial charge in [0.1, 0.15) is 5.75 Å². The van der Waals surface area contributed by atoms with Crippen LogP contribution < -0.4 is 4.74 Å². The maximum Gasteiger partial charge on any atom is 0.263 e. The van der Waals surface area contributed by atoms with Gasteiger partial charge in [-0.3, -0.25) is 14.7 Å². The second-order valence-electron chi connectivity index (χ2n) is 6.43. The standard InChI is InChI=1S/C20H24ClN3O2.ClH/c1-16(26-19-8-3-2-7-18(19)21)20(25)24-14-12-23(13-15-24)11-9-17-6-4-5-10-22-17;/h2-8,10,16H,9,11-15H2,1H3;1H. The number of halogens is 2. The zero-order chi connectivity index (χ0) is 18.4. The summed E-state index contributed by atoms with van der Waals surface area (Å²) in [6, 6.07) is 13.2. The van der Waals surface area contributed by atoms with E-state index >= 15 is 0 Å². The largest absolute Gasteiger partial charge is 0.479 e. The van der Waals surface area contributed by atoms with Crippen molar-refractivity contribution in [3.05, 3.63) is 59.4 Å². The lowest BCUT2D eigenvalue weighted by molar-refractivity contribution is -0.139. The van der Waals surface area contributed by atoms with Gasteiger partial charge in [0.15, 0.2) is 6.10 Å². The SMILES string of the molecule is CC(Oc1ccccc1Cl)C(=O)N1CCN(CCc2ccccn2)CC1.Cl. The maximum atomic E-state index is 12.6. The highest BCUT2D eigenvalue weighted by Crippen LogP contribution is 2.24. The number of carbonyl (C=O) groups is 1. The minimum Gasteiger partial charge on any atom is -0.479 e. The van der Waals surface area contributed by atoms with Gasteiger partial charge >= 0.3 is 0 Å². The highest BCUT2D eigenvalue weighted by molar-refractivity contribution is 6.32. The molecule has 7 heteroatoms. The quantitative estimate of drug-likeness (QED) is 0.733. The lowest BCUT2D eigenvalue weighted by Crippen LogP contribution is -2.52. The summed E-state index contributed by atoms with van der Waals surface area (Å²) in [6.45, 7) is 5.92. The number of hydrogen-bond donors (Lipinski definition) is 0. The van der Waals surface area contributed by atoms with E-state index in [9.17, 15) is 4.79 Å². The number of benzene rings is 1. The number of ether oxygens (including phenoxy) is 1. The maximum absolute atomic E-state index is 12.6. The van der Waals surface area contributed by atoms with Crippen LogP contribution in [0.5, 0.6) is 5.75 Å². The first-order valence-corrected chi connectivity index (χ1v) is 9.33. The Bertz CT molecular complexity index is 722. The molecule has 0 bridgehead atoms. The Morgan fingerprint density at radius 3 is 2.52 bits per heavy atom. The molecule has 1 unspecified atom stereocenters. The molecule has 1 aromatic carbocycles. The average molecular weight is 410 g/mol. The molecule has 0 saturated carbocycles. The molecular weight excluding hydrogens is 385 g/mol. The summed E-state index contributed by atoms with van der Waals surface area (Å²) in [5.74, 6) is 0.554. The molecule has 146 valence electrons. The van der Waals surface area contributed by atoms with Gasteiger partial charge in [0.25, 0.3) is 5.91 Å². The molecule has 1 aromatic heterocycles. The minimum atomic E-state index is -0.546. The fourth-order valence-electron chi connectivity index (χ4n) is 3.05. The number of piperazine rings is 1. The number of pyridine rings is 1. The number of aromatic nitrogens is 1. The third-order valence-electron chi connectivity index (χ3n) is 4.58. The van der Waals surface area contributed by atoms with Gasteiger partial charge in [-0.2, -0.15) is 0 Å². The first-order valence-electron chi connectivity index (χ1n) is 8.96. The molecular formula is C20H25Cl2N3O2. The number of amides is 1. The normalized spacial score (nSPS) is 15.7. The summed E-state index contributed by atoms with van der Waals surface area (Å²) in [6.07, 6.45) is 2.21. The first-order chi connectivity index (χ1) is 12.6. The van der Waals surface area contributed by atoms with Crippen LogP contribution in [0.4, 0.5) is 0 Å². The number of hydrogen-bond acceptors (Lipinski definition) is 4. The first kappa shape index (κ1) is 21.5. The van der Waals surface area contributed by atoms with Gasteiger partial charge in [-0.1, -0.05) is 29.8 Å². The summed E-state index contributed by atoms with van der Waals surface area (Å²) >= 11 is 6.10. The van der Waals surface area contributed by atoms with Gasteiger partial charge in [0.05, 0.1) is 5.02 Å². The van der Waals surface area contributed by atoms with Gasteiger partial charge in [-0.15, -0.1) is 12.4 Å². The van der Waals surface area contributed by atoms with Gasteiger partial charge in [0, 0.05) is 51.0 Å². The zero-order valence-electron chi connectivity index (χ0n) is 15.4. The Morgan fingerprint density at radius 1 is 1.15 bits per heavy atom. The van der Waals surface area contributed by atoms with Crippen LogP contribution in [0.2, 0.25) is 5.02 Å². The van der Waals surface area contributed by atoms with Crippen molar-refractivity contribution in [2.75, 3.05) is 32.7 Å². The van der Waals surface area contributed by atoms with Crippen molar-refractivity contribution in [3.8, 4) is 5.75 Å². The molecule has 1 fully saturated rings. The molecule has 3 rings (SSSR count). The van der Waals surface area contributed by atoms with Crippen LogP contribution in [0.25, 0.3) is 0 Å². The van der Waals surface area contributed by atoms with Crippen molar-refractivity contribution in [2.24, 2.45) is 0 Å². The van der Waals surface area contributed by atoms with Crippen molar-refractivity contribution < 1.29 is 9.53 Å². The Morgan fingerprint density at radius 2 is 1.85 bits per heavy atom. The smallest absolute Gasteiger partial charge is 0.263 e. The monoisotopic (exact) mass is 409 g/mol. The molecule has 0 N–H and O–H groups in total. The van der Waals surface area contributed by atoms with E-state index in [1.165, 1.54) is 0 Å². The molecule has 27 heavy (non-hydrogen) atoms. The van der Waals surface area contributed by atoms with Crippen molar-refractivity contribution >= 4 is 29.9 Å². The summed E-state index contributed by atoms with van der Waals surface area (Å²) in [5, 5.41) is 0.520. The zero-order valence-corrected chi connectivity index (χ0v) is 17.0. The van der Waals surface area contributed by atoms with E-state index in [1.54, 1.807) is 19.1 Å². The summed E-state index contributed by atoms with van der Waals surface area (Å²) in [4.78, 5) is 21.2. The van der Waals surface area contributed by atoms with E-state index < -0.39 is 6.10 Å². The van der Waals surface area contributed by atoms with Gasteiger partial charge in [-0.05, 0) is 31.2 Å². The lowest BCUT2D eigenvalue weighted by Gasteiger charge is -2.35. The summed E-state index contributed by atoms with van der Waals surface area (Å²) in [7, 11) is 0. The highest BCUT2D eigenvalue weighted by Gasteiger charge is 2.26. The van der Waals surface area contributed by atoms with Gasteiger partial charge in [-0.25, -0.2) is 0 Å². The summed E-state index contributed by atoms with van der Waals surface area (Å²) in [5.41, 5.74) is 1.10. The molecule has 1 amide bonds. The predicted molar refractivity (Wildman–Crippen MR) is 110 cm³/mol. The molecule has 2 aromatic rings. The van der Waals surface area contributed by atoms with Crippen molar-refractivity contribution in [1.82, 2.24) is 14.8 Å². The minimum absolute atomic E-state index is 0. The van der Waals surface area contributed by atoms with E-state index in [4.69, 9.17) is 16.3 Å². The van der Waals surface area contributed by atoms with Crippen LogP contribution in [0.1, 0.15) is 12.6 Å². The third kappa shape index (κ3) is 6.09. The predicted octanol–water partition coefficient (Wildman–Crippen LogP) is 3.31. The van der Waals surface area contributed by atoms with Crippen LogP contribution in [0.3, 0.4) is 0 Å². The molecule has 0 radical (unpaired) electrons. The van der Waals surface area contributed by atoms with Crippen LogP contribution in [-0.4, -0.2) is 59.5 Å². The lowest BCUT2D eigenvalue weighted by atomic mass is 10.2. The number of rotatable bonds is 6. The fraction of sp³-hybridized carbons (Fsp3) is 0.400. The van der Waals surface area contributed by atoms with Crippen LogP contribution >= 0.6 is 24.0 Å². The Balaban J connectivity index is 0.00000261. The number of carbonyl (C=O) groups excluding carboxylic acids is 1. The summed E-state index contributed by atoms with van der Waals surface area (Å²) < 4.78 is 5.75. The Labute approximate surface area is 171 Å². The van der Waals surface area contributed by atoms with Crippen molar-refractivity contribution in [3.63, 3.8) is 0 Å². The van der Waals surface area contributed by atoms with Gasteiger partial charge < -0.3 is 9.64 Å². The third-order valence-corrected chi connectivity index (χ3v) is 4.89. The van der Waals surface area contributed by atoms with E-state index in [0.29, 0.717) is 10.8 Å². The Kier molecular flexibility index (Phi) is 8.35.